The number of carboxylic acid groups (broad SMARTS) is 1. The number of carboxylic acids is 1. The van der Waals surface area contributed by atoms with Gasteiger partial charge in [0.1, 0.15) is 11.5 Å². The fourth-order valence-corrected chi connectivity index (χ4v) is 6.42. The molecule has 1 aromatic rings. The predicted octanol–water partition coefficient (Wildman–Crippen LogP) is 4.46. The largest absolute Gasteiger partial charge is 0.496 e. The first-order valence-corrected chi connectivity index (χ1v) is 9.97. The fraction of sp³-hybridized carbons (Fsp3) is 0.565. The molecule has 1 N–H and O–H groups in total. The van der Waals surface area contributed by atoms with Gasteiger partial charge in [-0.3, -0.25) is 9.59 Å². The zero-order valence-electron chi connectivity index (χ0n) is 16.2. The van der Waals surface area contributed by atoms with Crippen molar-refractivity contribution < 1.29 is 19.4 Å². The van der Waals surface area contributed by atoms with Crippen LogP contribution < -0.4 is 4.74 Å². The number of rotatable bonds is 4. The lowest BCUT2D eigenvalue weighted by atomic mass is 9.54. The van der Waals surface area contributed by atoms with Gasteiger partial charge in [0, 0.05) is 23.8 Å². The molecule has 1 aromatic carbocycles. The lowest BCUT2D eigenvalue weighted by Crippen LogP contribution is -2.44. The third-order valence-electron chi connectivity index (χ3n) is 7.58. The van der Waals surface area contributed by atoms with Crippen molar-refractivity contribution >= 4 is 17.8 Å². The minimum Gasteiger partial charge on any atom is -0.496 e. The fourth-order valence-electron chi connectivity index (χ4n) is 6.42. The van der Waals surface area contributed by atoms with E-state index in [1.165, 1.54) is 11.1 Å². The summed E-state index contributed by atoms with van der Waals surface area (Å²) in [5, 5.41) is 9.38. The molecule has 4 heteroatoms. The van der Waals surface area contributed by atoms with Crippen LogP contribution in [-0.4, -0.2) is 24.0 Å². The lowest BCUT2D eigenvalue weighted by Gasteiger charge is -2.49. The summed E-state index contributed by atoms with van der Waals surface area (Å²) in [5.41, 5.74) is 3.36. The first-order valence-electron chi connectivity index (χ1n) is 9.97. The van der Waals surface area contributed by atoms with E-state index in [0.717, 1.165) is 37.0 Å². The number of carbonyl (C=O) groups excluding carboxylic acids is 1. The molecule has 27 heavy (non-hydrogen) atoms. The van der Waals surface area contributed by atoms with Gasteiger partial charge in [-0.25, -0.2) is 0 Å². The molecule has 3 aliphatic carbocycles. The van der Waals surface area contributed by atoms with Gasteiger partial charge in [-0.05, 0) is 72.6 Å². The smallest absolute Gasteiger partial charge is 0.303 e. The van der Waals surface area contributed by atoms with Crippen molar-refractivity contribution in [3.63, 3.8) is 0 Å². The topological polar surface area (TPSA) is 63.6 Å². The highest BCUT2D eigenvalue weighted by molar-refractivity contribution is 5.88. The molecular formula is C23H28O4. The first-order chi connectivity index (χ1) is 12.9. The van der Waals surface area contributed by atoms with E-state index in [-0.39, 0.29) is 29.5 Å². The van der Waals surface area contributed by atoms with E-state index in [2.05, 4.69) is 25.6 Å². The number of aryl methyl sites for hydroxylation is 1. The van der Waals surface area contributed by atoms with Crippen LogP contribution in [0.1, 0.15) is 61.6 Å². The molecule has 0 spiro atoms. The van der Waals surface area contributed by atoms with Crippen LogP contribution in [0.15, 0.2) is 18.7 Å². The highest BCUT2D eigenvalue weighted by atomic mass is 16.5. The Morgan fingerprint density at radius 3 is 2.85 bits per heavy atom. The van der Waals surface area contributed by atoms with E-state index in [1.54, 1.807) is 7.11 Å². The number of hydrogen-bond donors (Lipinski definition) is 1. The standard InChI is InChI=1S/C23H28O4/c1-4-13-9-18-14(10-19(13)27-3)5-6-17-16(18)7-8-23(2)20(24)11-15(22(17)23)12-21(25)26/h4,9-10,15-17,22H,1,5-8,11-12H2,2-3H3,(H,25,26)/t15-,16+,17-,22+,23-/m1/s1. The van der Waals surface area contributed by atoms with Crippen LogP contribution in [0.2, 0.25) is 0 Å². The SMILES string of the molecule is C=Cc1cc2c(cc1OC)CC[C@H]1[C@@H]3[C@@H](CC(=O)O)CC(=O)[C@@]3(C)CC[C@H]21. The van der Waals surface area contributed by atoms with Crippen LogP contribution in [0, 0.1) is 23.2 Å². The molecule has 0 aliphatic heterocycles. The third kappa shape index (κ3) is 2.72. The van der Waals surface area contributed by atoms with Gasteiger partial charge in [-0.15, -0.1) is 0 Å². The molecule has 0 heterocycles. The van der Waals surface area contributed by atoms with Crippen LogP contribution in [0.25, 0.3) is 6.08 Å². The maximum atomic E-state index is 12.8. The van der Waals surface area contributed by atoms with E-state index in [0.29, 0.717) is 18.3 Å². The average Bonchev–Trinajstić information content (AvgIpc) is 2.89. The lowest BCUT2D eigenvalue weighted by molar-refractivity contribution is -0.139. The summed E-state index contributed by atoms with van der Waals surface area (Å²) in [6.45, 7) is 6.02. The van der Waals surface area contributed by atoms with Crippen molar-refractivity contribution in [1.29, 1.82) is 0 Å². The number of carbonyl (C=O) groups is 2. The first kappa shape index (κ1) is 18.3. The van der Waals surface area contributed by atoms with Gasteiger partial charge in [-0.1, -0.05) is 19.6 Å². The molecule has 0 radical (unpaired) electrons. The molecule has 5 atom stereocenters. The Kier molecular flexibility index (Phi) is 4.40. The Labute approximate surface area is 160 Å². The van der Waals surface area contributed by atoms with Crippen molar-refractivity contribution in [3.8, 4) is 5.75 Å². The second-order valence-electron chi connectivity index (χ2n) is 8.77. The molecule has 0 bridgehead atoms. The summed E-state index contributed by atoms with van der Waals surface area (Å²) in [6, 6.07) is 4.36. The zero-order valence-corrected chi connectivity index (χ0v) is 16.2. The second kappa shape index (κ2) is 6.50. The zero-order chi connectivity index (χ0) is 19.3. The summed E-state index contributed by atoms with van der Waals surface area (Å²) >= 11 is 0. The summed E-state index contributed by atoms with van der Waals surface area (Å²) in [6.07, 6.45) is 6.24. The van der Waals surface area contributed by atoms with Crippen LogP contribution >= 0.6 is 0 Å². The summed E-state index contributed by atoms with van der Waals surface area (Å²) < 4.78 is 5.52. The van der Waals surface area contributed by atoms with E-state index < -0.39 is 5.97 Å². The van der Waals surface area contributed by atoms with Crippen molar-refractivity contribution in [2.75, 3.05) is 7.11 Å². The van der Waals surface area contributed by atoms with Gasteiger partial charge in [0.25, 0.3) is 0 Å². The van der Waals surface area contributed by atoms with Gasteiger partial charge in [-0.2, -0.15) is 0 Å². The number of hydrogen-bond acceptors (Lipinski definition) is 3. The minimum absolute atomic E-state index is 0.0218. The van der Waals surface area contributed by atoms with Crippen LogP contribution in [0.5, 0.6) is 5.75 Å². The van der Waals surface area contributed by atoms with Crippen LogP contribution in [0.4, 0.5) is 0 Å². The summed E-state index contributed by atoms with van der Waals surface area (Å²) in [5.74, 6) is 1.31. The molecule has 2 saturated carbocycles. The summed E-state index contributed by atoms with van der Waals surface area (Å²) in [4.78, 5) is 24.2. The van der Waals surface area contributed by atoms with Crippen molar-refractivity contribution in [3.05, 3.63) is 35.4 Å². The quantitative estimate of drug-likeness (QED) is 0.852. The molecule has 2 fully saturated rings. The molecule has 0 amide bonds. The van der Waals surface area contributed by atoms with E-state index in [9.17, 15) is 14.7 Å². The van der Waals surface area contributed by atoms with Crippen LogP contribution in [-0.2, 0) is 16.0 Å². The van der Waals surface area contributed by atoms with E-state index in [1.807, 2.05) is 6.08 Å². The Bertz CT molecular complexity index is 811. The maximum absolute atomic E-state index is 12.8. The summed E-state index contributed by atoms with van der Waals surface area (Å²) in [7, 11) is 1.69. The Hall–Kier alpha value is -2.10. The van der Waals surface area contributed by atoms with Gasteiger partial charge in [0.05, 0.1) is 7.11 Å². The average molecular weight is 368 g/mol. The molecule has 144 valence electrons. The van der Waals surface area contributed by atoms with Crippen LogP contribution in [0.3, 0.4) is 0 Å². The maximum Gasteiger partial charge on any atom is 0.303 e. The molecule has 0 aromatic heterocycles. The van der Waals surface area contributed by atoms with Gasteiger partial charge >= 0.3 is 5.97 Å². The highest BCUT2D eigenvalue weighted by Crippen LogP contribution is 2.62. The number of aliphatic carboxylic acids is 1. The van der Waals surface area contributed by atoms with Crippen molar-refractivity contribution in [2.24, 2.45) is 23.2 Å². The minimum atomic E-state index is -0.783. The number of Topliss-reactive ketones (excluding diaryl/α,β-unsaturated/α-hetero) is 1. The molecule has 3 aliphatic rings. The molecule has 0 saturated heterocycles. The normalized spacial score (nSPS) is 34.4. The van der Waals surface area contributed by atoms with Crippen molar-refractivity contribution in [1.82, 2.24) is 0 Å². The van der Waals surface area contributed by atoms with Gasteiger partial charge in [0.2, 0.25) is 0 Å². The second-order valence-corrected chi connectivity index (χ2v) is 8.77. The Balaban J connectivity index is 1.74. The molecule has 4 rings (SSSR count). The number of fused-ring (bicyclic) bond motifs is 5. The third-order valence-corrected chi connectivity index (χ3v) is 7.58. The predicted molar refractivity (Wildman–Crippen MR) is 104 cm³/mol. The molecular weight excluding hydrogens is 340 g/mol. The van der Waals surface area contributed by atoms with E-state index in [4.69, 9.17) is 4.74 Å². The van der Waals surface area contributed by atoms with E-state index >= 15 is 0 Å². The Morgan fingerprint density at radius 1 is 1.41 bits per heavy atom. The van der Waals surface area contributed by atoms with Gasteiger partial charge < -0.3 is 9.84 Å². The number of ether oxygens (including phenoxy) is 1. The number of benzene rings is 1. The molecule has 4 nitrogen and oxygen atoms in total. The van der Waals surface area contributed by atoms with Crippen molar-refractivity contribution in [2.45, 2.75) is 51.4 Å². The number of methoxy groups -OCH3 is 1. The monoisotopic (exact) mass is 368 g/mol. The van der Waals surface area contributed by atoms with Gasteiger partial charge in [0.15, 0.2) is 0 Å². The Morgan fingerprint density at radius 2 is 2.19 bits per heavy atom. The highest BCUT2D eigenvalue weighted by Gasteiger charge is 2.58. The molecule has 0 unspecified atom stereocenters. The number of ketones is 1.